The third-order valence-electron chi connectivity index (χ3n) is 5.94. The summed E-state index contributed by atoms with van der Waals surface area (Å²) < 4.78 is 13.8. The molecule has 1 fully saturated rings. The van der Waals surface area contributed by atoms with E-state index in [1.54, 1.807) is 0 Å². The van der Waals surface area contributed by atoms with Crippen LogP contribution in [0.1, 0.15) is 25.1 Å². The number of fused-ring (bicyclic) bond motifs is 2. The molecule has 0 atom stereocenters. The van der Waals surface area contributed by atoms with Gasteiger partial charge in [-0.3, -0.25) is 9.69 Å². The maximum Gasteiger partial charge on any atom is 0.260 e. The van der Waals surface area contributed by atoms with Crippen molar-refractivity contribution in [2.24, 2.45) is 0 Å². The number of pyridine rings is 1. The van der Waals surface area contributed by atoms with E-state index in [1.807, 2.05) is 39.9 Å². The lowest BCUT2D eigenvalue weighted by Crippen LogP contribution is -2.49. The Balaban J connectivity index is 1.13. The van der Waals surface area contributed by atoms with Crippen molar-refractivity contribution >= 4 is 11.4 Å². The summed E-state index contributed by atoms with van der Waals surface area (Å²) in [5, 5.41) is 4.63. The van der Waals surface area contributed by atoms with Crippen LogP contribution in [0.15, 0.2) is 48.7 Å². The second kappa shape index (κ2) is 7.89. The van der Waals surface area contributed by atoms with Crippen LogP contribution in [-0.4, -0.2) is 63.7 Å². The summed E-state index contributed by atoms with van der Waals surface area (Å²) in [6, 6.07) is 14.1. The van der Waals surface area contributed by atoms with E-state index in [9.17, 15) is 4.79 Å². The summed E-state index contributed by atoms with van der Waals surface area (Å²) in [6.45, 7) is 8.02. The van der Waals surface area contributed by atoms with Crippen LogP contribution in [0, 0.1) is 0 Å². The van der Waals surface area contributed by atoms with Crippen LogP contribution < -0.4 is 9.47 Å². The summed E-state index contributed by atoms with van der Waals surface area (Å²) in [7, 11) is 0. The summed E-state index contributed by atoms with van der Waals surface area (Å²) in [6.07, 6.45) is 2.81. The highest BCUT2D eigenvalue weighted by atomic mass is 16.5. The lowest BCUT2D eigenvalue weighted by atomic mass is 10.0. The van der Waals surface area contributed by atoms with Crippen LogP contribution in [0.3, 0.4) is 0 Å². The molecule has 7 nitrogen and oxygen atoms in total. The second-order valence-corrected chi connectivity index (χ2v) is 8.93. The van der Waals surface area contributed by atoms with Crippen molar-refractivity contribution in [1.82, 2.24) is 19.4 Å². The third-order valence-corrected chi connectivity index (χ3v) is 5.94. The molecule has 0 radical (unpaired) electrons. The topological polar surface area (TPSA) is 59.3 Å². The largest absolute Gasteiger partial charge is 0.483 e. The number of aromatic nitrogens is 2. The molecule has 0 aliphatic carbocycles. The fourth-order valence-corrected chi connectivity index (χ4v) is 4.38. The minimum Gasteiger partial charge on any atom is -0.483 e. The van der Waals surface area contributed by atoms with Gasteiger partial charge in [-0.05, 0) is 38.1 Å². The maximum absolute atomic E-state index is 12.7. The number of nitrogens with zero attached hydrogens (tertiary/aromatic N) is 4. The number of carbonyl (C=O) groups excluding carboxylic acids is 1. The van der Waals surface area contributed by atoms with Gasteiger partial charge in [-0.15, -0.1) is 0 Å². The zero-order valence-corrected chi connectivity index (χ0v) is 18.1. The first-order valence-electron chi connectivity index (χ1n) is 10.8. The quantitative estimate of drug-likeness (QED) is 0.635. The SMILES string of the molecule is CC1(C)Cc2cccc(OCC(=O)N3CCN(Cc4cc5ccccn5n4)CC3)c2O1. The molecule has 0 saturated carbocycles. The molecule has 162 valence electrons. The van der Waals surface area contributed by atoms with Gasteiger partial charge in [0.05, 0.1) is 11.2 Å². The molecule has 0 bridgehead atoms. The smallest absolute Gasteiger partial charge is 0.260 e. The Bertz CT molecular complexity index is 1070. The molecular formula is C24H28N4O3. The number of para-hydroxylation sites is 1. The molecule has 1 aromatic carbocycles. The molecular weight excluding hydrogens is 392 g/mol. The van der Waals surface area contributed by atoms with Crippen molar-refractivity contribution < 1.29 is 14.3 Å². The van der Waals surface area contributed by atoms with Gasteiger partial charge in [0.2, 0.25) is 0 Å². The Morgan fingerprint density at radius 1 is 1.13 bits per heavy atom. The van der Waals surface area contributed by atoms with Crippen molar-refractivity contribution in [1.29, 1.82) is 0 Å². The van der Waals surface area contributed by atoms with E-state index in [4.69, 9.17) is 9.47 Å². The van der Waals surface area contributed by atoms with E-state index >= 15 is 0 Å². The number of carbonyl (C=O) groups is 1. The van der Waals surface area contributed by atoms with Crippen molar-refractivity contribution in [2.75, 3.05) is 32.8 Å². The van der Waals surface area contributed by atoms with Gasteiger partial charge in [0.15, 0.2) is 18.1 Å². The van der Waals surface area contributed by atoms with Gasteiger partial charge in [0.25, 0.3) is 5.91 Å². The average molecular weight is 421 g/mol. The monoisotopic (exact) mass is 420 g/mol. The number of ether oxygens (including phenoxy) is 2. The predicted octanol–water partition coefficient (Wildman–Crippen LogP) is 2.77. The van der Waals surface area contributed by atoms with E-state index in [0.717, 1.165) is 48.6 Å². The summed E-state index contributed by atoms with van der Waals surface area (Å²) in [5.74, 6) is 1.45. The molecule has 7 heteroatoms. The van der Waals surface area contributed by atoms with Crippen LogP contribution in [-0.2, 0) is 17.8 Å². The predicted molar refractivity (Wildman–Crippen MR) is 117 cm³/mol. The van der Waals surface area contributed by atoms with Crippen LogP contribution in [0.25, 0.3) is 5.52 Å². The summed E-state index contributed by atoms with van der Waals surface area (Å²) >= 11 is 0. The molecule has 2 aliphatic heterocycles. The van der Waals surface area contributed by atoms with Gasteiger partial charge in [-0.2, -0.15) is 5.10 Å². The molecule has 2 aromatic heterocycles. The fraction of sp³-hybridized carbons (Fsp3) is 0.417. The first-order valence-corrected chi connectivity index (χ1v) is 10.8. The van der Waals surface area contributed by atoms with Gasteiger partial charge in [0, 0.05) is 50.9 Å². The Morgan fingerprint density at radius 2 is 1.97 bits per heavy atom. The first-order chi connectivity index (χ1) is 15.0. The van der Waals surface area contributed by atoms with Crippen molar-refractivity contribution in [3.05, 3.63) is 59.9 Å². The van der Waals surface area contributed by atoms with E-state index in [-0.39, 0.29) is 18.1 Å². The molecule has 0 spiro atoms. The second-order valence-electron chi connectivity index (χ2n) is 8.93. The van der Waals surface area contributed by atoms with Gasteiger partial charge >= 0.3 is 0 Å². The number of piperazine rings is 1. The first kappa shape index (κ1) is 19.9. The van der Waals surface area contributed by atoms with Gasteiger partial charge in [0.1, 0.15) is 5.60 Å². The summed E-state index contributed by atoms with van der Waals surface area (Å²) in [4.78, 5) is 16.9. The molecule has 2 aliphatic rings. The Kier molecular flexibility index (Phi) is 5.06. The number of rotatable bonds is 5. The minimum atomic E-state index is -0.233. The van der Waals surface area contributed by atoms with Crippen molar-refractivity contribution in [3.8, 4) is 11.5 Å². The van der Waals surface area contributed by atoms with Crippen LogP contribution in [0.2, 0.25) is 0 Å². The number of hydrogen-bond donors (Lipinski definition) is 0. The van der Waals surface area contributed by atoms with E-state index < -0.39 is 0 Å². The van der Waals surface area contributed by atoms with Gasteiger partial charge in [-0.1, -0.05) is 18.2 Å². The van der Waals surface area contributed by atoms with Crippen LogP contribution >= 0.6 is 0 Å². The van der Waals surface area contributed by atoms with Crippen molar-refractivity contribution in [3.63, 3.8) is 0 Å². The molecule has 1 saturated heterocycles. The number of benzene rings is 1. The highest BCUT2D eigenvalue weighted by Gasteiger charge is 2.32. The normalized spacial score (nSPS) is 18.1. The van der Waals surface area contributed by atoms with Gasteiger partial charge in [-0.25, -0.2) is 4.52 Å². The molecule has 0 unspecified atom stereocenters. The molecule has 5 rings (SSSR count). The van der Waals surface area contributed by atoms with E-state index in [0.29, 0.717) is 18.8 Å². The summed E-state index contributed by atoms with van der Waals surface area (Å²) in [5.41, 5.74) is 3.05. The van der Waals surface area contributed by atoms with Crippen molar-refractivity contribution in [2.45, 2.75) is 32.4 Å². The number of amides is 1. The molecule has 31 heavy (non-hydrogen) atoms. The molecule has 1 amide bonds. The highest BCUT2D eigenvalue weighted by molar-refractivity contribution is 5.78. The van der Waals surface area contributed by atoms with Crippen LogP contribution in [0.5, 0.6) is 11.5 Å². The zero-order chi connectivity index (χ0) is 21.4. The lowest BCUT2D eigenvalue weighted by Gasteiger charge is -2.34. The molecule has 4 heterocycles. The third kappa shape index (κ3) is 4.23. The molecule has 0 N–H and O–H groups in total. The average Bonchev–Trinajstić information content (AvgIpc) is 3.30. The Labute approximate surface area is 182 Å². The van der Waals surface area contributed by atoms with E-state index in [1.165, 1.54) is 0 Å². The van der Waals surface area contributed by atoms with Gasteiger partial charge < -0.3 is 14.4 Å². The Morgan fingerprint density at radius 3 is 2.77 bits per heavy atom. The lowest BCUT2D eigenvalue weighted by molar-refractivity contribution is -0.135. The maximum atomic E-state index is 12.7. The molecule has 3 aromatic rings. The highest BCUT2D eigenvalue weighted by Crippen LogP contribution is 2.41. The Hall–Kier alpha value is -3.06. The fourth-order valence-electron chi connectivity index (χ4n) is 4.38. The minimum absolute atomic E-state index is 0.0160. The van der Waals surface area contributed by atoms with E-state index in [2.05, 4.69) is 42.0 Å². The van der Waals surface area contributed by atoms with Crippen LogP contribution in [0.4, 0.5) is 0 Å². The standard InChI is InChI=1S/C24H28N4O3/c1-24(2)15-18-6-5-8-21(23(18)31-24)30-17-22(29)27-12-10-26(11-13-27)16-19-14-20-7-3-4-9-28(20)25-19/h3-9,14H,10-13,15-17H2,1-2H3. The zero-order valence-electron chi connectivity index (χ0n) is 18.1. The number of hydrogen-bond acceptors (Lipinski definition) is 5.